The first kappa shape index (κ1) is 24.0. The third-order valence-electron chi connectivity index (χ3n) is 7.04. The number of aromatic nitrogens is 4. The number of pyridine rings is 1. The highest BCUT2D eigenvalue weighted by atomic mass is 16.5. The molecule has 188 valence electrons. The smallest absolute Gasteiger partial charge is 0.241 e. The minimum absolute atomic E-state index is 0.0925. The number of anilines is 1. The number of aliphatic hydroxyl groups excluding tert-OH is 1. The molecule has 5 rings (SSSR count). The lowest BCUT2D eigenvalue weighted by Crippen LogP contribution is -2.37. The number of ether oxygens (including phenoxy) is 2. The summed E-state index contributed by atoms with van der Waals surface area (Å²) in [6, 6.07) is 6.36. The Labute approximate surface area is 206 Å². The Balaban J connectivity index is 1.49. The zero-order valence-electron chi connectivity index (χ0n) is 20.6. The third-order valence-corrected chi connectivity index (χ3v) is 7.04. The minimum atomic E-state index is -0.201. The average molecular weight is 481 g/mol. The fourth-order valence-corrected chi connectivity index (χ4v) is 5.22. The van der Waals surface area contributed by atoms with Gasteiger partial charge in [-0.15, -0.1) is 5.10 Å². The van der Waals surface area contributed by atoms with Gasteiger partial charge in [-0.3, -0.25) is 0 Å². The van der Waals surface area contributed by atoms with Crippen molar-refractivity contribution in [1.82, 2.24) is 24.9 Å². The number of nitrogens with zero attached hydrogens (tertiary/aromatic N) is 4. The highest BCUT2D eigenvalue weighted by molar-refractivity contribution is 5.81. The Bertz CT molecular complexity index is 1120. The van der Waals surface area contributed by atoms with Gasteiger partial charge in [0.05, 0.1) is 24.4 Å². The molecule has 0 unspecified atom stereocenters. The monoisotopic (exact) mass is 480 g/mol. The van der Waals surface area contributed by atoms with Gasteiger partial charge in [0.2, 0.25) is 11.8 Å². The summed E-state index contributed by atoms with van der Waals surface area (Å²) in [5.74, 6) is 1.56. The SMILES string of the molecule is COC[C@H](C)Nc1ncc2c(-c3ccnc(O[C@@H]4CCCNC4)c3)cc(C3CCC(O)CC3)n2n1. The lowest BCUT2D eigenvalue weighted by atomic mass is 9.85. The average Bonchev–Trinajstić information content (AvgIpc) is 3.24. The molecule has 2 fully saturated rings. The van der Waals surface area contributed by atoms with E-state index in [0.717, 1.165) is 74.0 Å². The van der Waals surface area contributed by atoms with Crippen LogP contribution in [0.1, 0.15) is 57.1 Å². The maximum atomic E-state index is 10.0. The topological polar surface area (TPSA) is 106 Å². The largest absolute Gasteiger partial charge is 0.473 e. The van der Waals surface area contributed by atoms with Gasteiger partial charge in [0.15, 0.2) is 0 Å². The Morgan fingerprint density at radius 2 is 2.06 bits per heavy atom. The summed E-state index contributed by atoms with van der Waals surface area (Å²) in [5.41, 5.74) is 4.21. The number of methoxy groups -OCH3 is 1. The quantitative estimate of drug-likeness (QED) is 0.451. The summed E-state index contributed by atoms with van der Waals surface area (Å²) in [6.45, 7) is 4.51. The maximum Gasteiger partial charge on any atom is 0.241 e. The van der Waals surface area contributed by atoms with Crippen molar-refractivity contribution in [1.29, 1.82) is 0 Å². The van der Waals surface area contributed by atoms with Crippen LogP contribution in [0.25, 0.3) is 16.6 Å². The molecule has 2 aliphatic rings. The summed E-state index contributed by atoms with van der Waals surface area (Å²) in [4.78, 5) is 9.08. The van der Waals surface area contributed by atoms with Gasteiger partial charge in [0, 0.05) is 49.1 Å². The van der Waals surface area contributed by atoms with Gasteiger partial charge in [-0.05, 0) is 69.7 Å². The molecule has 0 bridgehead atoms. The molecule has 1 saturated carbocycles. The van der Waals surface area contributed by atoms with Gasteiger partial charge >= 0.3 is 0 Å². The Morgan fingerprint density at radius 3 is 2.83 bits per heavy atom. The van der Waals surface area contributed by atoms with E-state index in [-0.39, 0.29) is 18.2 Å². The summed E-state index contributed by atoms with van der Waals surface area (Å²) in [6.07, 6.45) is 9.31. The zero-order chi connectivity index (χ0) is 24.2. The third kappa shape index (κ3) is 5.58. The van der Waals surface area contributed by atoms with Crippen LogP contribution in [-0.2, 0) is 4.74 Å². The first-order valence-corrected chi connectivity index (χ1v) is 12.8. The van der Waals surface area contributed by atoms with Crippen molar-refractivity contribution >= 4 is 11.5 Å². The fourth-order valence-electron chi connectivity index (χ4n) is 5.22. The molecule has 0 spiro atoms. The van der Waals surface area contributed by atoms with Gasteiger partial charge < -0.3 is 25.2 Å². The number of fused-ring (bicyclic) bond motifs is 1. The van der Waals surface area contributed by atoms with Crippen LogP contribution < -0.4 is 15.4 Å². The lowest BCUT2D eigenvalue weighted by Gasteiger charge is -2.25. The number of aliphatic hydroxyl groups is 1. The highest BCUT2D eigenvalue weighted by Crippen LogP contribution is 2.38. The van der Waals surface area contributed by atoms with E-state index in [0.29, 0.717) is 24.4 Å². The first-order valence-electron chi connectivity index (χ1n) is 12.8. The Morgan fingerprint density at radius 1 is 1.20 bits per heavy atom. The Kier molecular flexibility index (Phi) is 7.46. The van der Waals surface area contributed by atoms with Crippen molar-refractivity contribution in [3.8, 4) is 17.0 Å². The summed E-state index contributed by atoms with van der Waals surface area (Å²) < 4.78 is 13.5. The molecule has 0 radical (unpaired) electrons. The maximum absolute atomic E-state index is 10.0. The minimum Gasteiger partial charge on any atom is -0.473 e. The molecule has 9 heteroatoms. The van der Waals surface area contributed by atoms with Crippen LogP contribution in [0.3, 0.4) is 0 Å². The molecule has 1 aliphatic heterocycles. The van der Waals surface area contributed by atoms with Crippen molar-refractivity contribution in [2.45, 2.75) is 69.6 Å². The lowest BCUT2D eigenvalue weighted by molar-refractivity contribution is 0.121. The standard InChI is InChI=1S/C26H36N6O3/c1-17(16-34-2)30-26-29-15-24-22(13-23(32(24)31-26)18-5-7-20(33)8-6-18)19-9-11-28-25(12-19)35-21-4-3-10-27-14-21/h9,11-13,15,17-18,20-21,27,33H,3-8,10,14,16H2,1-2H3,(H,30,31)/t17-,18?,20?,21+/m0/s1. The molecule has 0 amide bonds. The molecule has 3 aromatic rings. The Hall–Kier alpha value is -2.75. The van der Waals surface area contributed by atoms with E-state index in [1.165, 1.54) is 0 Å². The second-order valence-corrected chi connectivity index (χ2v) is 9.84. The van der Waals surface area contributed by atoms with Crippen molar-refractivity contribution in [2.24, 2.45) is 0 Å². The molecule has 1 aliphatic carbocycles. The van der Waals surface area contributed by atoms with Crippen LogP contribution in [0, 0.1) is 0 Å². The van der Waals surface area contributed by atoms with Crippen LogP contribution >= 0.6 is 0 Å². The molecule has 2 atom stereocenters. The van der Waals surface area contributed by atoms with Crippen LogP contribution in [0.4, 0.5) is 5.95 Å². The van der Waals surface area contributed by atoms with E-state index in [9.17, 15) is 5.11 Å². The summed E-state index contributed by atoms with van der Waals surface area (Å²) in [5, 5.41) is 21.6. The molecular formula is C26H36N6O3. The first-order chi connectivity index (χ1) is 17.1. The van der Waals surface area contributed by atoms with E-state index < -0.39 is 0 Å². The molecule has 3 N–H and O–H groups in total. The molecule has 4 heterocycles. The van der Waals surface area contributed by atoms with Crippen molar-refractivity contribution < 1.29 is 14.6 Å². The molecule has 9 nitrogen and oxygen atoms in total. The van der Waals surface area contributed by atoms with Crippen LogP contribution in [0.15, 0.2) is 30.6 Å². The molecule has 0 aromatic carbocycles. The van der Waals surface area contributed by atoms with Gasteiger partial charge in [0.1, 0.15) is 6.10 Å². The van der Waals surface area contributed by atoms with E-state index in [2.05, 4.69) is 26.7 Å². The molecule has 3 aromatic heterocycles. The van der Waals surface area contributed by atoms with Gasteiger partial charge in [-0.25, -0.2) is 14.5 Å². The molecule has 1 saturated heterocycles. The van der Waals surface area contributed by atoms with Crippen LogP contribution in [-0.4, -0.2) is 69.7 Å². The predicted molar refractivity (Wildman–Crippen MR) is 135 cm³/mol. The normalized spacial score (nSPS) is 23.8. The molecule has 35 heavy (non-hydrogen) atoms. The second kappa shape index (κ2) is 10.9. The fraction of sp³-hybridized carbons (Fsp3) is 0.577. The van der Waals surface area contributed by atoms with Crippen LogP contribution in [0.5, 0.6) is 5.88 Å². The number of hydrogen-bond acceptors (Lipinski definition) is 8. The number of hydrogen-bond donors (Lipinski definition) is 3. The number of nitrogens with one attached hydrogen (secondary N) is 2. The predicted octanol–water partition coefficient (Wildman–Crippen LogP) is 3.39. The van der Waals surface area contributed by atoms with Gasteiger partial charge in [0.25, 0.3) is 0 Å². The number of rotatable bonds is 8. The molecular weight excluding hydrogens is 444 g/mol. The number of piperidine rings is 1. The van der Waals surface area contributed by atoms with E-state index in [1.807, 2.05) is 36.0 Å². The van der Waals surface area contributed by atoms with E-state index in [1.54, 1.807) is 7.11 Å². The second-order valence-electron chi connectivity index (χ2n) is 9.84. The van der Waals surface area contributed by atoms with Crippen molar-refractivity contribution in [3.63, 3.8) is 0 Å². The highest BCUT2D eigenvalue weighted by Gasteiger charge is 2.26. The van der Waals surface area contributed by atoms with Gasteiger partial charge in [-0.1, -0.05) is 0 Å². The van der Waals surface area contributed by atoms with Crippen molar-refractivity contribution in [2.75, 3.05) is 32.1 Å². The van der Waals surface area contributed by atoms with E-state index in [4.69, 9.17) is 14.6 Å². The van der Waals surface area contributed by atoms with Gasteiger partial charge in [-0.2, -0.15) is 0 Å². The summed E-state index contributed by atoms with van der Waals surface area (Å²) >= 11 is 0. The van der Waals surface area contributed by atoms with Crippen molar-refractivity contribution in [3.05, 3.63) is 36.3 Å². The van der Waals surface area contributed by atoms with Crippen LogP contribution in [0.2, 0.25) is 0 Å². The zero-order valence-corrected chi connectivity index (χ0v) is 20.6. The van der Waals surface area contributed by atoms with E-state index >= 15 is 0 Å². The summed E-state index contributed by atoms with van der Waals surface area (Å²) in [7, 11) is 1.69.